The Kier molecular flexibility index (Phi) is 4.01. The van der Waals surface area contributed by atoms with Crippen LogP contribution in [-0.4, -0.2) is 18.1 Å². The second kappa shape index (κ2) is 5.71. The lowest BCUT2D eigenvalue weighted by molar-refractivity contribution is 0.0602. The van der Waals surface area contributed by atoms with E-state index in [0.29, 0.717) is 23.6 Å². The van der Waals surface area contributed by atoms with Crippen molar-refractivity contribution in [1.82, 2.24) is 4.98 Å². The molecule has 2 aromatic heterocycles. The first-order chi connectivity index (χ1) is 9.11. The summed E-state index contributed by atoms with van der Waals surface area (Å²) in [6, 6.07) is 1.60. The van der Waals surface area contributed by atoms with E-state index in [9.17, 15) is 4.79 Å². The highest BCUT2D eigenvalue weighted by Crippen LogP contribution is 2.18. The van der Waals surface area contributed by atoms with E-state index >= 15 is 0 Å². The van der Waals surface area contributed by atoms with Crippen LogP contribution >= 0.6 is 11.3 Å². The normalized spacial score (nSPS) is 10.2. The van der Waals surface area contributed by atoms with Gasteiger partial charge >= 0.3 is 5.97 Å². The van der Waals surface area contributed by atoms with Crippen LogP contribution < -0.4 is 11.1 Å². The molecule has 0 aliphatic heterocycles. The molecule has 2 aromatic rings. The summed E-state index contributed by atoms with van der Waals surface area (Å²) in [6.07, 6.45) is 1.45. The average molecular weight is 277 g/mol. The third-order valence-electron chi connectivity index (χ3n) is 2.76. The minimum Gasteiger partial charge on any atom is -0.465 e. The Morgan fingerprint density at radius 3 is 2.95 bits per heavy atom. The zero-order valence-corrected chi connectivity index (χ0v) is 11.6. The van der Waals surface area contributed by atoms with Crippen molar-refractivity contribution in [3.05, 3.63) is 39.7 Å². The molecule has 3 N–H and O–H groups in total. The lowest BCUT2D eigenvalue weighted by Crippen LogP contribution is -2.09. The van der Waals surface area contributed by atoms with Gasteiger partial charge in [0.15, 0.2) is 0 Å². The molecule has 0 fully saturated rings. The number of hydrogen-bond donors (Lipinski definition) is 2. The molecule has 0 aliphatic rings. The topological polar surface area (TPSA) is 77.2 Å². The van der Waals surface area contributed by atoms with Crippen molar-refractivity contribution >= 4 is 28.8 Å². The minimum atomic E-state index is -0.463. The Hall–Kier alpha value is -2.08. The molecule has 2 heterocycles. The molecule has 0 unspecified atom stereocenters. The van der Waals surface area contributed by atoms with Gasteiger partial charge in [-0.1, -0.05) is 0 Å². The summed E-state index contributed by atoms with van der Waals surface area (Å²) in [5, 5.41) is 7.34. The zero-order valence-electron chi connectivity index (χ0n) is 10.8. The SMILES string of the molecule is COC(=O)c1cc(NCc2cscc2C)ncc1N. The number of esters is 1. The Balaban J connectivity index is 2.13. The number of aryl methyl sites for hydroxylation is 1. The lowest BCUT2D eigenvalue weighted by atomic mass is 10.2. The molecular formula is C13H15N3O2S. The van der Waals surface area contributed by atoms with Gasteiger partial charge in [0.25, 0.3) is 0 Å². The highest BCUT2D eigenvalue weighted by molar-refractivity contribution is 7.08. The third kappa shape index (κ3) is 3.03. The molecule has 0 spiro atoms. The van der Waals surface area contributed by atoms with Gasteiger partial charge in [-0.15, -0.1) is 0 Å². The molecule has 19 heavy (non-hydrogen) atoms. The number of nitrogens with two attached hydrogens (primary N) is 1. The molecule has 0 saturated heterocycles. The van der Waals surface area contributed by atoms with E-state index < -0.39 is 5.97 Å². The molecule has 0 bridgehead atoms. The Bertz CT molecular complexity index is 595. The molecule has 0 saturated carbocycles. The van der Waals surface area contributed by atoms with Crippen LogP contribution in [0.4, 0.5) is 11.5 Å². The van der Waals surface area contributed by atoms with Crippen LogP contribution in [0.3, 0.4) is 0 Å². The molecule has 0 radical (unpaired) electrons. The second-order valence-electron chi connectivity index (χ2n) is 4.08. The summed E-state index contributed by atoms with van der Waals surface area (Å²) < 4.78 is 4.67. The number of thiophene rings is 1. The first-order valence-corrected chi connectivity index (χ1v) is 6.65. The van der Waals surface area contributed by atoms with Crippen LogP contribution in [0.2, 0.25) is 0 Å². The van der Waals surface area contributed by atoms with Crippen LogP contribution in [0.1, 0.15) is 21.5 Å². The van der Waals surface area contributed by atoms with E-state index in [1.54, 1.807) is 17.4 Å². The van der Waals surface area contributed by atoms with Crippen molar-refractivity contribution in [2.24, 2.45) is 0 Å². The van der Waals surface area contributed by atoms with Crippen LogP contribution in [0.25, 0.3) is 0 Å². The average Bonchev–Trinajstić information content (AvgIpc) is 2.82. The number of nitrogens with zero attached hydrogens (tertiary/aromatic N) is 1. The monoisotopic (exact) mass is 277 g/mol. The number of carbonyl (C=O) groups excluding carboxylic acids is 1. The second-order valence-corrected chi connectivity index (χ2v) is 4.83. The van der Waals surface area contributed by atoms with E-state index in [0.717, 1.165) is 0 Å². The maximum atomic E-state index is 11.5. The number of hydrogen-bond acceptors (Lipinski definition) is 6. The number of carbonyl (C=O) groups is 1. The number of nitrogen functional groups attached to an aromatic ring is 1. The molecule has 0 aliphatic carbocycles. The smallest absolute Gasteiger partial charge is 0.340 e. The lowest BCUT2D eigenvalue weighted by Gasteiger charge is -2.08. The van der Waals surface area contributed by atoms with Gasteiger partial charge in [-0.25, -0.2) is 9.78 Å². The van der Waals surface area contributed by atoms with Gasteiger partial charge in [-0.2, -0.15) is 11.3 Å². The Morgan fingerprint density at radius 1 is 1.53 bits per heavy atom. The van der Waals surface area contributed by atoms with E-state index in [2.05, 4.69) is 32.7 Å². The molecule has 0 amide bonds. The van der Waals surface area contributed by atoms with Crippen LogP contribution in [0, 0.1) is 6.92 Å². The van der Waals surface area contributed by atoms with Crippen LogP contribution in [0.5, 0.6) is 0 Å². The predicted octanol–water partition coefficient (Wildman–Crippen LogP) is 2.43. The van der Waals surface area contributed by atoms with Crippen molar-refractivity contribution < 1.29 is 9.53 Å². The fourth-order valence-corrected chi connectivity index (χ4v) is 2.46. The van der Waals surface area contributed by atoms with E-state index in [1.165, 1.54) is 24.4 Å². The van der Waals surface area contributed by atoms with Gasteiger partial charge in [-0.3, -0.25) is 0 Å². The van der Waals surface area contributed by atoms with Gasteiger partial charge in [0.05, 0.1) is 24.6 Å². The van der Waals surface area contributed by atoms with Crippen molar-refractivity contribution in [1.29, 1.82) is 0 Å². The first-order valence-electron chi connectivity index (χ1n) is 5.71. The standard InChI is InChI=1S/C13H15N3O2S/c1-8-6-19-7-9(8)4-15-12-3-10(13(17)18-2)11(14)5-16-12/h3,5-7H,4,14H2,1-2H3,(H,15,16). The van der Waals surface area contributed by atoms with Gasteiger partial charge in [-0.05, 0) is 34.9 Å². The molecule has 5 nitrogen and oxygen atoms in total. The van der Waals surface area contributed by atoms with E-state index in [4.69, 9.17) is 5.73 Å². The van der Waals surface area contributed by atoms with E-state index in [1.807, 2.05) is 0 Å². The molecule has 0 aromatic carbocycles. The van der Waals surface area contributed by atoms with Gasteiger partial charge in [0, 0.05) is 6.54 Å². The summed E-state index contributed by atoms with van der Waals surface area (Å²) in [5.74, 6) is 0.134. The summed E-state index contributed by atoms with van der Waals surface area (Å²) in [6.45, 7) is 2.72. The predicted molar refractivity (Wildman–Crippen MR) is 76.4 cm³/mol. The summed E-state index contributed by atoms with van der Waals surface area (Å²) in [4.78, 5) is 15.7. The number of rotatable bonds is 4. The maximum absolute atomic E-state index is 11.5. The molecule has 6 heteroatoms. The highest BCUT2D eigenvalue weighted by Gasteiger charge is 2.11. The number of pyridine rings is 1. The summed E-state index contributed by atoms with van der Waals surface area (Å²) in [5.41, 5.74) is 8.77. The first kappa shape index (κ1) is 13.4. The summed E-state index contributed by atoms with van der Waals surface area (Å²) >= 11 is 1.66. The van der Waals surface area contributed by atoms with E-state index in [-0.39, 0.29) is 0 Å². The third-order valence-corrected chi connectivity index (χ3v) is 3.67. The Labute approximate surface area is 115 Å². The van der Waals surface area contributed by atoms with Crippen molar-refractivity contribution in [2.75, 3.05) is 18.2 Å². The maximum Gasteiger partial charge on any atom is 0.340 e. The van der Waals surface area contributed by atoms with Gasteiger partial charge in [0.2, 0.25) is 0 Å². The number of ether oxygens (including phenoxy) is 1. The van der Waals surface area contributed by atoms with Gasteiger partial charge < -0.3 is 15.8 Å². The van der Waals surface area contributed by atoms with Gasteiger partial charge in [0.1, 0.15) is 5.82 Å². The fourth-order valence-electron chi connectivity index (χ4n) is 1.60. The van der Waals surface area contributed by atoms with Crippen molar-refractivity contribution in [2.45, 2.75) is 13.5 Å². The quantitative estimate of drug-likeness (QED) is 0.839. The zero-order chi connectivity index (χ0) is 13.8. The van der Waals surface area contributed by atoms with Crippen molar-refractivity contribution in [3.8, 4) is 0 Å². The number of aromatic nitrogens is 1. The Morgan fingerprint density at radius 2 is 2.32 bits per heavy atom. The number of anilines is 2. The molecule has 0 atom stereocenters. The molecule has 2 rings (SSSR count). The largest absolute Gasteiger partial charge is 0.465 e. The number of nitrogens with one attached hydrogen (secondary N) is 1. The number of methoxy groups -OCH3 is 1. The fraction of sp³-hybridized carbons (Fsp3) is 0.231. The van der Waals surface area contributed by atoms with Crippen LogP contribution in [-0.2, 0) is 11.3 Å². The molecule has 100 valence electrons. The van der Waals surface area contributed by atoms with Crippen molar-refractivity contribution in [3.63, 3.8) is 0 Å². The minimum absolute atomic E-state index is 0.309. The summed E-state index contributed by atoms with van der Waals surface area (Å²) in [7, 11) is 1.32. The highest BCUT2D eigenvalue weighted by atomic mass is 32.1. The molecular weight excluding hydrogens is 262 g/mol. The van der Waals surface area contributed by atoms with Crippen LogP contribution in [0.15, 0.2) is 23.0 Å².